The van der Waals surface area contributed by atoms with Crippen LogP contribution in [0.15, 0.2) is 42.2 Å². The van der Waals surface area contributed by atoms with Crippen LogP contribution >= 0.6 is 11.3 Å². The number of hydrogen-bond donors (Lipinski definition) is 1. The predicted molar refractivity (Wildman–Crippen MR) is 98.8 cm³/mol. The number of fused-ring (bicyclic) bond motifs is 2. The van der Waals surface area contributed by atoms with E-state index in [9.17, 15) is 10.1 Å². The van der Waals surface area contributed by atoms with Crippen LogP contribution in [0.5, 0.6) is 0 Å². The Morgan fingerprint density at radius 2 is 2.16 bits per heavy atom. The number of aromatic amines is 1. The van der Waals surface area contributed by atoms with E-state index >= 15 is 0 Å². The molecular weight excluding hydrogens is 332 g/mol. The lowest BCUT2D eigenvalue weighted by Gasteiger charge is -1.99. The molecule has 3 aromatic heterocycles. The van der Waals surface area contributed by atoms with Crippen molar-refractivity contribution in [3.63, 3.8) is 0 Å². The number of ketones is 1. The van der Waals surface area contributed by atoms with Gasteiger partial charge in [-0.1, -0.05) is 18.2 Å². The number of allylic oxidation sites excluding steroid dienone is 1. The lowest BCUT2D eigenvalue weighted by Crippen LogP contribution is -2.02. The van der Waals surface area contributed by atoms with Gasteiger partial charge in [0.25, 0.3) is 0 Å². The van der Waals surface area contributed by atoms with Crippen molar-refractivity contribution in [3.05, 3.63) is 64.1 Å². The van der Waals surface area contributed by atoms with Crippen LogP contribution in [0.2, 0.25) is 0 Å². The Labute approximate surface area is 147 Å². The second-order valence-electron chi connectivity index (χ2n) is 5.82. The SMILES string of the molecule is Cc1cn2c(C=C(C#N)C(=O)c3c[nH]c4ccccc34)c(C)nc2s1. The number of para-hydroxylation sites is 1. The quantitative estimate of drug-likeness (QED) is 0.342. The Morgan fingerprint density at radius 1 is 1.36 bits per heavy atom. The number of carbonyl (C=O) groups is 1. The molecule has 0 saturated heterocycles. The van der Waals surface area contributed by atoms with Crippen LogP contribution in [-0.4, -0.2) is 20.2 Å². The van der Waals surface area contributed by atoms with Crippen molar-refractivity contribution in [2.45, 2.75) is 13.8 Å². The minimum absolute atomic E-state index is 0.0958. The van der Waals surface area contributed by atoms with Crippen molar-refractivity contribution in [1.29, 1.82) is 5.26 Å². The predicted octanol–water partition coefficient (Wildman–Crippen LogP) is 4.28. The Balaban J connectivity index is 1.84. The molecule has 0 amide bonds. The van der Waals surface area contributed by atoms with Gasteiger partial charge >= 0.3 is 0 Å². The first-order valence-corrected chi connectivity index (χ1v) is 8.58. The average molecular weight is 346 g/mol. The fraction of sp³-hybridized carbons (Fsp3) is 0.105. The Morgan fingerprint density at radius 3 is 2.96 bits per heavy atom. The van der Waals surface area contributed by atoms with E-state index in [1.54, 1.807) is 23.6 Å². The highest BCUT2D eigenvalue weighted by Crippen LogP contribution is 2.25. The monoisotopic (exact) mass is 346 g/mol. The maximum absolute atomic E-state index is 12.9. The number of aromatic nitrogens is 3. The minimum Gasteiger partial charge on any atom is -0.360 e. The van der Waals surface area contributed by atoms with E-state index in [1.807, 2.05) is 48.7 Å². The van der Waals surface area contributed by atoms with Gasteiger partial charge in [-0.25, -0.2) is 4.98 Å². The van der Waals surface area contributed by atoms with Crippen molar-refractivity contribution in [1.82, 2.24) is 14.4 Å². The number of thiazole rings is 1. The van der Waals surface area contributed by atoms with E-state index in [0.29, 0.717) is 5.56 Å². The summed E-state index contributed by atoms with van der Waals surface area (Å²) in [5.74, 6) is -0.291. The lowest BCUT2D eigenvalue weighted by atomic mass is 10.0. The average Bonchev–Trinajstić information content (AvgIpc) is 3.25. The summed E-state index contributed by atoms with van der Waals surface area (Å²) >= 11 is 1.58. The molecule has 1 N–H and O–H groups in total. The molecule has 0 unspecified atom stereocenters. The van der Waals surface area contributed by atoms with Gasteiger partial charge in [0, 0.05) is 33.7 Å². The maximum Gasteiger partial charge on any atom is 0.205 e. The summed E-state index contributed by atoms with van der Waals surface area (Å²) in [6.45, 7) is 3.89. The van der Waals surface area contributed by atoms with E-state index in [2.05, 4.69) is 16.0 Å². The first kappa shape index (κ1) is 15.4. The molecule has 0 spiro atoms. The topological polar surface area (TPSA) is 73.9 Å². The van der Waals surface area contributed by atoms with Gasteiger partial charge in [-0.2, -0.15) is 5.26 Å². The highest BCUT2D eigenvalue weighted by atomic mass is 32.1. The third-order valence-electron chi connectivity index (χ3n) is 4.14. The summed E-state index contributed by atoms with van der Waals surface area (Å²) in [7, 11) is 0. The molecule has 0 bridgehead atoms. The van der Waals surface area contributed by atoms with Crippen LogP contribution in [0.1, 0.15) is 26.6 Å². The smallest absolute Gasteiger partial charge is 0.205 e. The van der Waals surface area contributed by atoms with E-state index in [1.165, 1.54) is 0 Å². The van der Waals surface area contributed by atoms with Gasteiger partial charge in [0.2, 0.25) is 5.78 Å². The van der Waals surface area contributed by atoms with Crippen LogP contribution in [0.25, 0.3) is 21.9 Å². The number of nitrogens with zero attached hydrogens (tertiary/aromatic N) is 3. The molecule has 4 rings (SSSR count). The molecule has 0 atom stereocenters. The number of H-pyrrole nitrogens is 1. The van der Waals surface area contributed by atoms with Gasteiger partial charge in [0.05, 0.1) is 11.4 Å². The largest absolute Gasteiger partial charge is 0.360 e. The standard InChI is InChI=1S/C19H14N4OS/c1-11-10-23-17(12(2)22-19(23)25-11)7-13(8-20)18(24)15-9-21-16-6-4-3-5-14(15)16/h3-7,9-10,21H,1-2H3. The van der Waals surface area contributed by atoms with Gasteiger partial charge in [-0.15, -0.1) is 11.3 Å². The van der Waals surface area contributed by atoms with Crippen molar-refractivity contribution >= 4 is 39.1 Å². The molecule has 5 nitrogen and oxygen atoms in total. The third kappa shape index (κ3) is 2.46. The number of benzene rings is 1. The summed E-state index contributed by atoms with van der Waals surface area (Å²) in [5, 5.41) is 10.4. The number of nitrogens with one attached hydrogen (secondary N) is 1. The van der Waals surface area contributed by atoms with Crippen LogP contribution in [-0.2, 0) is 0 Å². The zero-order valence-corrected chi connectivity index (χ0v) is 14.5. The fourth-order valence-corrected chi connectivity index (χ4v) is 3.82. The van der Waals surface area contributed by atoms with Crippen molar-refractivity contribution in [2.24, 2.45) is 0 Å². The first-order valence-electron chi connectivity index (χ1n) is 7.76. The summed E-state index contributed by atoms with van der Waals surface area (Å²) in [5.41, 5.74) is 3.04. The number of rotatable bonds is 3. The van der Waals surface area contributed by atoms with E-state index in [4.69, 9.17) is 0 Å². The zero-order valence-electron chi connectivity index (χ0n) is 13.7. The van der Waals surface area contributed by atoms with Crippen LogP contribution in [0.3, 0.4) is 0 Å². The molecule has 1 aromatic carbocycles. The molecule has 0 aliphatic heterocycles. The minimum atomic E-state index is -0.291. The molecular formula is C19H14N4OS. The molecule has 4 aromatic rings. The van der Waals surface area contributed by atoms with Crippen LogP contribution in [0.4, 0.5) is 0 Å². The highest BCUT2D eigenvalue weighted by molar-refractivity contribution is 7.17. The van der Waals surface area contributed by atoms with E-state index in [-0.39, 0.29) is 11.4 Å². The number of Topliss-reactive ketones (excluding diaryl/α,β-unsaturated/α-hetero) is 1. The molecule has 0 radical (unpaired) electrons. The molecule has 0 aliphatic rings. The van der Waals surface area contributed by atoms with Gasteiger partial charge in [0.1, 0.15) is 11.6 Å². The van der Waals surface area contributed by atoms with Crippen LogP contribution < -0.4 is 0 Å². The normalized spacial score (nSPS) is 12.0. The number of aryl methyl sites for hydroxylation is 2. The molecule has 0 saturated carbocycles. The molecule has 122 valence electrons. The Bertz CT molecular complexity index is 1200. The molecule has 6 heteroatoms. The Hall–Kier alpha value is -3.17. The van der Waals surface area contributed by atoms with Gasteiger partial charge in [0.15, 0.2) is 4.96 Å². The van der Waals surface area contributed by atoms with Gasteiger partial charge in [-0.3, -0.25) is 9.20 Å². The number of nitriles is 1. The fourth-order valence-electron chi connectivity index (χ4n) is 2.94. The highest BCUT2D eigenvalue weighted by Gasteiger charge is 2.18. The number of carbonyl (C=O) groups excluding carboxylic acids is 1. The second-order valence-corrected chi connectivity index (χ2v) is 7.04. The number of hydrogen-bond acceptors (Lipinski definition) is 4. The summed E-state index contributed by atoms with van der Waals surface area (Å²) in [6.07, 6.45) is 5.26. The molecule has 3 heterocycles. The van der Waals surface area contributed by atoms with Crippen molar-refractivity contribution in [3.8, 4) is 6.07 Å². The maximum atomic E-state index is 12.9. The van der Waals surface area contributed by atoms with Crippen molar-refractivity contribution in [2.75, 3.05) is 0 Å². The van der Waals surface area contributed by atoms with Crippen molar-refractivity contribution < 1.29 is 4.79 Å². The summed E-state index contributed by atoms with van der Waals surface area (Å²) in [6, 6.07) is 9.61. The second kappa shape index (κ2) is 5.72. The molecule has 25 heavy (non-hydrogen) atoms. The Kier molecular flexibility index (Phi) is 3.52. The lowest BCUT2D eigenvalue weighted by molar-refractivity contribution is 0.104. The van der Waals surface area contributed by atoms with E-state index in [0.717, 1.165) is 32.1 Å². The summed E-state index contributed by atoms with van der Waals surface area (Å²) in [4.78, 5) is 22.5. The molecule has 0 aliphatic carbocycles. The third-order valence-corrected chi connectivity index (χ3v) is 5.04. The van der Waals surface area contributed by atoms with Gasteiger partial charge in [-0.05, 0) is 26.0 Å². The number of imidazole rings is 1. The van der Waals surface area contributed by atoms with Gasteiger partial charge < -0.3 is 4.98 Å². The van der Waals surface area contributed by atoms with Crippen LogP contribution in [0, 0.1) is 25.2 Å². The molecule has 0 fully saturated rings. The zero-order chi connectivity index (χ0) is 17.6. The summed E-state index contributed by atoms with van der Waals surface area (Å²) < 4.78 is 1.93. The first-order chi connectivity index (χ1) is 12.1. The van der Waals surface area contributed by atoms with E-state index < -0.39 is 0 Å².